The van der Waals surface area contributed by atoms with Gasteiger partial charge in [0, 0.05) is 6.21 Å². The molecule has 2 N–H and O–H groups in total. The Balaban J connectivity index is 1.99. The standard InChI is InChI=1S/C18H14FN3O3/c19-13-6-8-14(9-7-13)20-10-15-16(23)21-18(25)22(17(15)24)11-12-4-2-1-3-5-12/h1-10,24H,11H2,(H,21,23,25). The normalized spacial score (nSPS) is 11.1. The molecule has 3 rings (SSSR count). The fourth-order valence-electron chi connectivity index (χ4n) is 2.27. The van der Waals surface area contributed by atoms with Gasteiger partial charge in [0.1, 0.15) is 11.4 Å². The van der Waals surface area contributed by atoms with Crippen molar-refractivity contribution >= 4 is 11.9 Å². The van der Waals surface area contributed by atoms with Gasteiger partial charge in [-0.3, -0.25) is 19.3 Å². The van der Waals surface area contributed by atoms with Crippen LogP contribution in [0.15, 0.2) is 69.2 Å². The first-order valence-corrected chi connectivity index (χ1v) is 7.44. The molecule has 0 aliphatic rings. The van der Waals surface area contributed by atoms with Crippen molar-refractivity contribution in [2.24, 2.45) is 4.99 Å². The maximum Gasteiger partial charge on any atom is 0.331 e. The van der Waals surface area contributed by atoms with Gasteiger partial charge in [-0.2, -0.15) is 0 Å². The molecule has 0 aliphatic carbocycles. The Labute approximate surface area is 141 Å². The Hall–Kier alpha value is -3.48. The maximum absolute atomic E-state index is 12.9. The summed E-state index contributed by atoms with van der Waals surface area (Å²) in [5, 5.41) is 10.3. The Kier molecular flexibility index (Phi) is 4.56. The number of H-pyrrole nitrogens is 1. The van der Waals surface area contributed by atoms with Crippen LogP contribution in [-0.2, 0) is 6.54 Å². The molecule has 1 heterocycles. The van der Waals surface area contributed by atoms with Gasteiger partial charge in [0.25, 0.3) is 5.56 Å². The topological polar surface area (TPSA) is 87.5 Å². The second-order valence-electron chi connectivity index (χ2n) is 5.30. The quantitative estimate of drug-likeness (QED) is 0.714. The zero-order valence-electron chi connectivity index (χ0n) is 13.0. The average Bonchev–Trinajstić information content (AvgIpc) is 2.61. The molecule has 0 saturated carbocycles. The van der Waals surface area contributed by atoms with E-state index >= 15 is 0 Å². The van der Waals surface area contributed by atoms with Crippen LogP contribution >= 0.6 is 0 Å². The monoisotopic (exact) mass is 339 g/mol. The summed E-state index contributed by atoms with van der Waals surface area (Å²) < 4.78 is 13.9. The van der Waals surface area contributed by atoms with Gasteiger partial charge in [-0.25, -0.2) is 9.18 Å². The molecule has 0 aliphatic heterocycles. The SMILES string of the molecule is O=c1[nH]c(=O)n(Cc2ccccc2)c(O)c1C=Nc1ccc(F)cc1. The maximum atomic E-state index is 12.9. The summed E-state index contributed by atoms with van der Waals surface area (Å²) in [6.45, 7) is 0.0969. The van der Waals surface area contributed by atoms with Gasteiger partial charge in [0.05, 0.1) is 12.2 Å². The summed E-state index contributed by atoms with van der Waals surface area (Å²) in [5.41, 5.74) is -0.433. The van der Waals surface area contributed by atoms with E-state index < -0.39 is 22.9 Å². The molecule has 2 aromatic carbocycles. The van der Waals surface area contributed by atoms with E-state index in [-0.39, 0.29) is 12.1 Å². The summed E-state index contributed by atoms with van der Waals surface area (Å²) in [5.74, 6) is -0.889. The van der Waals surface area contributed by atoms with E-state index in [0.717, 1.165) is 16.3 Å². The molecule has 0 unspecified atom stereocenters. The van der Waals surface area contributed by atoms with E-state index in [1.807, 2.05) is 6.07 Å². The number of benzene rings is 2. The summed E-state index contributed by atoms with van der Waals surface area (Å²) in [6, 6.07) is 14.3. The van der Waals surface area contributed by atoms with Gasteiger partial charge >= 0.3 is 5.69 Å². The summed E-state index contributed by atoms with van der Waals surface area (Å²) in [4.78, 5) is 30.1. The van der Waals surface area contributed by atoms with Crippen LogP contribution in [0.5, 0.6) is 5.88 Å². The van der Waals surface area contributed by atoms with E-state index in [0.29, 0.717) is 5.69 Å². The lowest BCUT2D eigenvalue weighted by Crippen LogP contribution is -2.32. The first-order valence-electron chi connectivity index (χ1n) is 7.44. The molecule has 7 heteroatoms. The molecule has 25 heavy (non-hydrogen) atoms. The molecule has 3 aromatic rings. The molecule has 0 bridgehead atoms. The van der Waals surface area contributed by atoms with Crippen LogP contribution in [0.4, 0.5) is 10.1 Å². The van der Waals surface area contributed by atoms with Gasteiger partial charge in [0.15, 0.2) is 0 Å². The van der Waals surface area contributed by atoms with Crippen molar-refractivity contribution in [2.75, 3.05) is 0 Å². The van der Waals surface area contributed by atoms with Gasteiger partial charge in [-0.1, -0.05) is 30.3 Å². The molecule has 0 atom stereocenters. The number of rotatable bonds is 4. The van der Waals surface area contributed by atoms with E-state index in [1.54, 1.807) is 24.3 Å². The van der Waals surface area contributed by atoms with Crippen LogP contribution in [0.1, 0.15) is 11.1 Å². The third kappa shape index (κ3) is 3.72. The minimum Gasteiger partial charge on any atom is -0.494 e. The van der Waals surface area contributed by atoms with Gasteiger partial charge in [-0.15, -0.1) is 0 Å². The zero-order valence-corrected chi connectivity index (χ0v) is 13.0. The molecule has 126 valence electrons. The van der Waals surface area contributed by atoms with Crippen molar-refractivity contribution in [3.05, 3.63) is 92.4 Å². The second kappa shape index (κ2) is 6.96. The number of hydrogen-bond donors (Lipinski definition) is 2. The largest absolute Gasteiger partial charge is 0.494 e. The zero-order chi connectivity index (χ0) is 17.8. The molecule has 0 saturated heterocycles. The third-order valence-electron chi connectivity index (χ3n) is 3.56. The number of nitrogens with zero attached hydrogens (tertiary/aromatic N) is 2. The number of aromatic nitrogens is 2. The lowest BCUT2D eigenvalue weighted by molar-refractivity contribution is 0.408. The smallest absolute Gasteiger partial charge is 0.331 e. The summed E-state index contributed by atoms with van der Waals surface area (Å²) in [6.07, 6.45) is 1.14. The number of hydrogen-bond acceptors (Lipinski definition) is 4. The minimum atomic E-state index is -0.752. The van der Waals surface area contributed by atoms with Crippen molar-refractivity contribution in [1.29, 1.82) is 0 Å². The molecular weight excluding hydrogens is 325 g/mol. The van der Waals surface area contributed by atoms with Crippen molar-refractivity contribution in [1.82, 2.24) is 9.55 Å². The van der Waals surface area contributed by atoms with E-state index in [9.17, 15) is 19.1 Å². The Morgan fingerprint density at radius 2 is 1.76 bits per heavy atom. The van der Waals surface area contributed by atoms with Crippen LogP contribution in [0, 0.1) is 5.82 Å². The summed E-state index contributed by atoms with van der Waals surface area (Å²) >= 11 is 0. The van der Waals surface area contributed by atoms with Crippen molar-refractivity contribution in [3.8, 4) is 5.88 Å². The molecular formula is C18H14FN3O3. The fraction of sp³-hybridized carbons (Fsp3) is 0.0556. The highest BCUT2D eigenvalue weighted by molar-refractivity contribution is 5.84. The van der Waals surface area contributed by atoms with Crippen LogP contribution in [0.25, 0.3) is 0 Å². The highest BCUT2D eigenvalue weighted by Gasteiger charge is 2.12. The Morgan fingerprint density at radius 1 is 1.08 bits per heavy atom. The van der Waals surface area contributed by atoms with Crippen molar-refractivity contribution in [2.45, 2.75) is 6.54 Å². The Bertz CT molecular complexity index is 1020. The minimum absolute atomic E-state index is 0.0969. The fourth-order valence-corrected chi connectivity index (χ4v) is 2.27. The average molecular weight is 339 g/mol. The second-order valence-corrected chi connectivity index (χ2v) is 5.30. The van der Waals surface area contributed by atoms with E-state index in [1.165, 1.54) is 24.3 Å². The molecule has 0 amide bonds. The van der Waals surface area contributed by atoms with Crippen LogP contribution in [0.3, 0.4) is 0 Å². The number of aliphatic imine (C=N–C) groups is 1. The predicted molar refractivity (Wildman–Crippen MR) is 92.2 cm³/mol. The predicted octanol–water partition coefficient (Wildman–Crippen LogP) is 2.18. The molecule has 1 aromatic heterocycles. The van der Waals surface area contributed by atoms with E-state index in [2.05, 4.69) is 9.98 Å². The van der Waals surface area contributed by atoms with Crippen molar-refractivity contribution in [3.63, 3.8) is 0 Å². The first-order chi connectivity index (χ1) is 12.0. The van der Waals surface area contributed by atoms with Crippen molar-refractivity contribution < 1.29 is 9.50 Å². The lowest BCUT2D eigenvalue weighted by Gasteiger charge is -2.09. The highest BCUT2D eigenvalue weighted by Crippen LogP contribution is 2.15. The van der Waals surface area contributed by atoms with Crippen LogP contribution in [-0.4, -0.2) is 20.9 Å². The Morgan fingerprint density at radius 3 is 2.44 bits per heavy atom. The number of aromatic amines is 1. The molecule has 6 nitrogen and oxygen atoms in total. The highest BCUT2D eigenvalue weighted by atomic mass is 19.1. The van der Waals surface area contributed by atoms with Gasteiger partial charge in [0.2, 0.25) is 5.88 Å². The molecule has 0 fully saturated rings. The molecule has 0 radical (unpaired) electrons. The van der Waals surface area contributed by atoms with Gasteiger partial charge in [-0.05, 0) is 29.8 Å². The number of nitrogens with one attached hydrogen (secondary N) is 1. The van der Waals surface area contributed by atoms with Crippen LogP contribution in [0.2, 0.25) is 0 Å². The summed E-state index contributed by atoms with van der Waals surface area (Å²) in [7, 11) is 0. The van der Waals surface area contributed by atoms with Gasteiger partial charge < -0.3 is 5.11 Å². The van der Waals surface area contributed by atoms with Crippen LogP contribution < -0.4 is 11.2 Å². The third-order valence-corrected chi connectivity index (χ3v) is 3.56. The van der Waals surface area contributed by atoms with E-state index in [4.69, 9.17) is 0 Å². The number of halogens is 1. The lowest BCUT2D eigenvalue weighted by atomic mass is 10.2. The first kappa shape index (κ1) is 16.4. The molecule has 0 spiro atoms. The number of aromatic hydroxyl groups is 1.